The zero-order chi connectivity index (χ0) is 15.8. The van der Waals surface area contributed by atoms with Crippen LogP contribution in [-0.2, 0) is 19.6 Å². The zero-order valence-corrected chi connectivity index (χ0v) is 12.5. The number of carboxylic acids is 1. The standard InChI is InChI=1S/C12H13ClFNO5S/c1-12(11(16)17)6-20-5-10(12)15-21(18,19)9-3-2-7(14)4-8(9)13/h2-4,10,15H,5-6H2,1H3,(H,16,17). The van der Waals surface area contributed by atoms with Gasteiger partial charge < -0.3 is 9.84 Å². The lowest BCUT2D eigenvalue weighted by Crippen LogP contribution is -2.49. The highest BCUT2D eigenvalue weighted by molar-refractivity contribution is 7.89. The van der Waals surface area contributed by atoms with E-state index >= 15 is 0 Å². The van der Waals surface area contributed by atoms with Gasteiger partial charge in [-0.2, -0.15) is 0 Å². The summed E-state index contributed by atoms with van der Waals surface area (Å²) < 4.78 is 44.8. The number of hydrogen-bond donors (Lipinski definition) is 2. The number of carboxylic acid groups (broad SMARTS) is 1. The van der Waals surface area contributed by atoms with E-state index in [-0.39, 0.29) is 23.1 Å². The second kappa shape index (κ2) is 5.53. The van der Waals surface area contributed by atoms with Crippen molar-refractivity contribution in [3.8, 4) is 0 Å². The number of hydrogen-bond acceptors (Lipinski definition) is 4. The quantitative estimate of drug-likeness (QED) is 0.862. The maximum absolute atomic E-state index is 13.0. The minimum atomic E-state index is -4.09. The van der Waals surface area contributed by atoms with Crippen molar-refractivity contribution in [1.82, 2.24) is 4.72 Å². The molecule has 9 heteroatoms. The van der Waals surface area contributed by atoms with E-state index in [1.807, 2.05) is 0 Å². The average Bonchev–Trinajstić information content (AvgIpc) is 2.71. The Balaban J connectivity index is 2.31. The molecule has 2 rings (SSSR count). The Morgan fingerprint density at radius 1 is 1.57 bits per heavy atom. The minimum Gasteiger partial charge on any atom is -0.481 e. The topological polar surface area (TPSA) is 92.7 Å². The van der Waals surface area contributed by atoms with Crippen molar-refractivity contribution in [3.63, 3.8) is 0 Å². The van der Waals surface area contributed by atoms with Crippen molar-refractivity contribution in [2.45, 2.75) is 17.9 Å². The van der Waals surface area contributed by atoms with Gasteiger partial charge in [-0.15, -0.1) is 0 Å². The highest BCUT2D eigenvalue weighted by Crippen LogP contribution is 2.31. The molecule has 0 amide bonds. The van der Waals surface area contributed by atoms with E-state index in [1.165, 1.54) is 6.92 Å². The molecule has 6 nitrogen and oxygen atoms in total. The summed E-state index contributed by atoms with van der Waals surface area (Å²) in [6.45, 7) is 1.22. The van der Waals surface area contributed by atoms with Crippen LogP contribution in [0.2, 0.25) is 5.02 Å². The van der Waals surface area contributed by atoms with Gasteiger partial charge in [-0.05, 0) is 25.1 Å². The minimum absolute atomic E-state index is 0.0686. The van der Waals surface area contributed by atoms with Gasteiger partial charge >= 0.3 is 5.97 Å². The van der Waals surface area contributed by atoms with Crippen LogP contribution >= 0.6 is 11.6 Å². The maximum atomic E-state index is 13.0. The number of nitrogens with one attached hydrogen (secondary N) is 1. The van der Waals surface area contributed by atoms with Crippen LogP contribution in [0.15, 0.2) is 23.1 Å². The Labute approximate surface area is 125 Å². The smallest absolute Gasteiger partial charge is 0.313 e. The molecule has 0 aliphatic carbocycles. The number of aliphatic carboxylic acids is 1. The molecule has 2 unspecified atom stereocenters. The molecule has 0 saturated carbocycles. The van der Waals surface area contributed by atoms with Crippen molar-refractivity contribution >= 4 is 27.6 Å². The lowest BCUT2D eigenvalue weighted by atomic mass is 9.86. The number of benzene rings is 1. The highest BCUT2D eigenvalue weighted by Gasteiger charge is 2.48. The summed E-state index contributed by atoms with van der Waals surface area (Å²) in [7, 11) is -4.09. The predicted molar refractivity (Wildman–Crippen MR) is 72.1 cm³/mol. The first kappa shape index (κ1) is 16.2. The molecule has 0 spiro atoms. The Morgan fingerprint density at radius 3 is 2.81 bits per heavy atom. The molecule has 1 fully saturated rings. The monoisotopic (exact) mass is 337 g/mol. The fourth-order valence-corrected chi connectivity index (χ4v) is 3.86. The Kier molecular flexibility index (Phi) is 4.25. The summed E-state index contributed by atoms with van der Waals surface area (Å²) in [5, 5.41) is 8.93. The molecule has 1 heterocycles. The van der Waals surface area contributed by atoms with E-state index in [2.05, 4.69) is 4.72 Å². The van der Waals surface area contributed by atoms with Gasteiger partial charge in [0.05, 0.1) is 24.3 Å². The first-order valence-electron chi connectivity index (χ1n) is 5.95. The van der Waals surface area contributed by atoms with Crippen LogP contribution in [0, 0.1) is 11.2 Å². The van der Waals surface area contributed by atoms with E-state index in [0.717, 1.165) is 18.2 Å². The largest absolute Gasteiger partial charge is 0.481 e. The summed E-state index contributed by atoms with van der Waals surface area (Å²) >= 11 is 5.73. The van der Waals surface area contributed by atoms with Crippen LogP contribution in [0.5, 0.6) is 0 Å². The molecular weight excluding hydrogens is 325 g/mol. The molecule has 0 radical (unpaired) electrons. The number of rotatable bonds is 4. The van der Waals surface area contributed by atoms with E-state index in [1.54, 1.807) is 0 Å². The Hall–Kier alpha value is -1.22. The van der Waals surface area contributed by atoms with Gasteiger partial charge in [-0.25, -0.2) is 17.5 Å². The van der Waals surface area contributed by atoms with Gasteiger partial charge in [0.1, 0.15) is 16.1 Å². The summed E-state index contributed by atoms with van der Waals surface area (Å²) in [4.78, 5) is 11.0. The van der Waals surface area contributed by atoms with E-state index < -0.39 is 33.3 Å². The number of halogens is 2. The molecule has 0 bridgehead atoms. The number of sulfonamides is 1. The van der Waals surface area contributed by atoms with E-state index in [9.17, 15) is 22.7 Å². The Bertz CT molecular complexity index is 680. The van der Waals surface area contributed by atoms with Crippen LogP contribution in [-0.4, -0.2) is 38.7 Å². The van der Waals surface area contributed by atoms with Crippen molar-refractivity contribution in [2.24, 2.45) is 5.41 Å². The Morgan fingerprint density at radius 2 is 2.24 bits per heavy atom. The van der Waals surface area contributed by atoms with Crippen molar-refractivity contribution < 1.29 is 27.4 Å². The van der Waals surface area contributed by atoms with Crippen LogP contribution in [0.4, 0.5) is 4.39 Å². The SMILES string of the molecule is CC1(C(=O)O)COCC1NS(=O)(=O)c1ccc(F)cc1Cl. The van der Waals surface area contributed by atoms with Crippen LogP contribution in [0.25, 0.3) is 0 Å². The average molecular weight is 338 g/mol. The normalized spacial score (nSPS) is 26.0. The molecule has 116 valence electrons. The van der Waals surface area contributed by atoms with Gasteiger partial charge in [0.15, 0.2) is 0 Å². The molecule has 1 saturated heterocycles. The van der Waals surface area contributed by atoms with Gasteiger partial charge in [0.2, 0.25) is 10.0 Å². The lowest BCUT2D eigenvalue weighted by Gasteiger charge is -2.25. The molecule has 1 aromatic carbocycles. The summed E-state index contributed by atoms with van der Waals surface area (Å²) in [5.74, 6) is -1.84. The fourth-order valence-electron chi connectivity index (χ4n) is 1.99. The molecule has 1 aliphatic rings. The van der Waals surface area contributed by atoms with Crippen LogP contribution in [0.3, 0.4) is 0 Å². The van der Waals surface area contributed by atoms with Crippen molar-refractivity contribution in [3.05, 3.63) is 29.0 Å². The van der Waals surface area contributed by atoms with Gasteiger partial charge in [-0.3, -0.25) is 4.79 Å². The summed E-state index contributed by atoms with van der Waals surface area (Å²) in [6.07, 6.45) is 0. The van der Waals surface area contributed by atoms with Gasteiger partial charge in [0, 0.05) is 0 Å². The molecule has 1 aliphatic heterocycles. The first-order valence-corrected chi connectivity index (χ1v) is 7.81. The second-order valence-corrected chi connectivity index (χ2v) is 7.08. The van der Waals surface area contributed by atoms with Crippen molar-refractivity contribution in [2.75, 3.05) is 13.2 Å². The van der Waals surface area contributed by atoms with Crippen LogP contribution < -0.4 is 4.72 Å². The zero-order valence-electron chi connectivity index (χ0n) is 11.0. The third-order valence-corrected chi connectivity index (χ3v) is 5.38. The molecule has 2 N–H and O–H groups in total. The summed E-state index contributed by atoms with van der Waals surface area (Å²) in [6, 6.07) is 1.91. The summed E-state index contributed by atoms with van der Waals surface area (Å²) in [5.41, 5.74) is -1.38. The van der Waals surface area contributed by atoms with Gasteiger partial charge in [0.25, 0.3) is 0 Å². The third kappa shape index (κ3) is 3.03. The predicted octanol–water partition coefficient (Wildman–Crippen LogP) is 1.25. The van der Waals surface area contributed by atoms with Crippen LogP contribution in [0.1, 0.15) is 6.92 Å². The second-order valence-electron chi connectivity index (χ2n) is 4.99. The van der Waals surface area contributed by atoms with Gasteiger partial charge in [-0.1, -0.05) is 11.6 Å². The van der Waals surface area contributed by atoms with E-state index in [0.29, 0.717) is 0 Å². The maximum Gasteiger partial charge on any atom is 0.313 e. The third-order valence-electron chi connectivity index (χ3n) is 3.42. The molecule has 0 aromatic heterocycles. The fraction of sp³-hybridized carbons (Fsp3) is 0.417. The van der Waals surface area contributed by atoms with E-state index in [4.69, 9.17) is 16.3 Å². The highest BCUT2D eigenvalue weighted by atomic mass is 35.5. The number of carbonyl (C=O) groups is 1. The van der Waals surface area contributed by atoms with Crippen molar-refractivity contribution in [1.29, 1.82) is 0 Å². The molecule has 21 heavy (non-hydrogen) atoms. The number of ether oxygens (including phenoxy) is 1. The molecule has 1 aromatic rings. The lowest BCUT2D eigenvalue weighted by molar-refractivity contribution is -0.148. The first-order chi connectivity index (χ1) is 9.67. The molecular formula is C12H13ClFNO5S. The molecule has 2 atom stereocenters.